The molecule has 38 heavy (non-hydrogen) atoms. The van der Waals surface area contributed by atoms with Crippen LogP contribution in [0.4, 0.5) is 5.88 Å². The molecule has 0 aliphatic heterocycles. The van der Waals surface area contributed by atoms with Crippen LogP contribution in [0.2, 0.25) is 0 Å². The summed E-state index contributed by atoms with van der Waals surface area (Å²) in [5.41, 5.74) is 3.27. The van der Waals surface area contributed by atoms with Gasteiger partial charge in [-0.25, -0.2) is 13.1 Å². The van der Waals surface area contributed by atoms with Crippen molar-refractivity contribution in [2.24, 2.45) is 5.92 Å². The molecular formula is C28H36N4O5S. The van der Waals surface area contributed by atoms with E-state index in [1.165, 1.54) is 6.07 Å². The predicted octanol–water partition coefficient (Wildman–Crippen LogP) is 4.66. The van der Waals surface area contributed by atoms with E-state index in [1.807, 2.05) is 38.1 Å². The number of anilines is 1. The molecule has 3 aromatic rings. The van der Waals surface area contributed by atoms with Gasteiger partial charge in [0.1, 0.15) is 6.04 Å². The minimum absolute atomic E-state index is 0.0837. The molecule has 0 spiro atoms. The number of nitrogens with one attached hydrogen (secondary N) is 2. The van der Waals surface area contributed by atoms with E-state index in [0.29, 0.717) is 28.8 Å². The van der Waals surface area contributed by atoms with Crippen LogP contribution in [0.25, 0.3) is 11.1 Å². The Hall–Kier alpha value is -3.66. The molecular weight excluding hydrogens is 504 g/mol. The highest BCUT2D eigenvalue weighted by Crippen LogP contribution is 2.30. The van der Waals surface area contributed by atoms with Gasteiger partial charge in [-0.05, 0) is 43.4 Å². The van der Waals surface area contributed by atoms with Crippen LogP contribution in [0.5, 0.6) is 0 Å². The molecule has 204 valence electrons. The standard InChI is InChI=1S/C28H36N4O5S/c1-7-26(33)32(24(16-18(2)3)27(34)29-6)17-21-12-14-22(15-13-21)23-10-8-9-11-25(23)38(35,36)31-28-19(4)20(5)30-37-28/h8-15,18,24,31H,7,16-17H2,1-6H3,(H,29,34)/t24-/m0/s1. The first kappa shape index (κ1) is 28.9. The van der Waals surface area contributed by atoms with E-state index >= 15 is 0 Å². The van der Waals surface area contributed by atoms with Crippen LogP contribution in [-0.2, 0) is 26.2 Å². The predicted molar refractivity (Wildman–Crippen MR) is 147 cm³/mol. The monoisotopic (exact) mass is 540 g/mol. The zero-order chi connectivity index (χ0) is 28.0. The lowest BCUT2D eigenvalue weighted by Gasteiger charge is -2.31. The molecule has 9 nitrogen and oxygen atoms in total. The van der Waals surface area contributed by atoms with Crippen molar-refractivity contribution in [3.8, 4) is 11.1 Å². The van der Waals surface area contributed by atoms with Crippen molar-refractivity contribution in [3.05, 3.63) is 65.4 Å². The lowest BCUT2D eigenvalue weighted by molar-refractivity contribution is -0.141. The minimum Gasteiger partial charge on any atom is -0.357 e. The molecule has 0 unspecified atom stereocenters. The number of aromatic nitrogens is 1. The Morgan fingerprint density at radius 3 is 2.26 bits per heavy atom. The van der Waals surface area contributed by atoms with Crippen molar-refractivity contribution in [3.63, 3.8) is 0 Å². The first-order valence-corrected chi connectivity index (χ1v) is 14.1. The van der Waals surface area contributed by atoms with Crippen LogP contribution in [0.3, 0.4) is 0 Å². The summed E-state index contributed by atoms with van der Waals surface area (Å²) in [6.45, 7) is 9.55. The lowest BCUT2D eigenvalue weighted by atomic mass is 9.99. The van der Waals surface area contributed by atoms with E-state index in [0.717, 1.165) is 5.56 Å². The number of aryl methyl sites for hydroxylation is 1. The Balaban J connectivity index is 1.91. The number of benzene rings is 2. The summed E-state index contributed by atoms with van der Waals surface area (Å²) >= 11 is 0. The Bertz CT molecular complexity index is 1380. The molecule has 2 aromatic carbocycles. The number of nitrogens with zero attached hydrogens (tertiary/aromatic N) is 2. The number of carbonyl (C=O) groups is 2. The molecule has 0 aliphatic rings. The van der Waals surface area contributed by atoms with E-state index in [9.17, 15) is 18.0 Å². The highest BCUT2D eigenvalue weighted by molar-refractivity contribution is 7.92. The molecule has 3 rings (SSSR count). The molecule has 0 aliphatic carbocycles. The summed E-state index contributed by atoms with van der Waals surface area (Å²) in [6.07, 6.45) is 0.831. The van der Waals surface area contributed by atoms with Gasteiger partial charge in [-0.2, -0.15) is 0 Å². The van der Waals surface area contributed by atoms with Crippen LogP contribution in [-0.4, -0.2) is 43.4 Å². The maximum Gasteiger partial charge on any atom is 0.264 e. The van der Waals surface area contributed by atoms with Gasteiger partial charge in [0, 0.05) is 31.1 Å². The Labute approximate surface area is 224 Å². The summed E-state index contributed by atoms with van der Waals surface area (Å²) < 4.78 is 34.1. The average Bonchev–Trinajstić information content (AvgIpc) is 3.21. The van der Waals surface area contributed by atoms with Gasteiger partial charge in [-0.15, -0.1) is 0 Å². The number of likely N-dealkylation sites (N-methyl/N-ethyl adjacent to an activating group) is 1. The van der Waals surface area contributed by atoms with Crippen LogP contribution in [0, 0.1) is 19.8 Å². The molecule has 0 fully saturated rings. The number of hydrogen-bond donors (Lipinski definition) is 2. The molecule has 0 bridgehead atoms. The first-order chi connectivity index (χ1) is 18.0. The highest BCUT2D eigenvalue weighted by Gasteiger charge is 2.29. The summed E-state index contributed by atoms with van der Waals surface area (Å²) in [5.74, 6) is 0.00804. The fraction of sp³-hybridized carbons (Fsp3) is 0.393. The summed E-state index contributed by atoms with van der Waals surface area (Å²) in [7, 11) is -2.39. The molecule has 10 heteroatoms. The van der Waals surface area contributed by atoms with Crippen LogP contribution in [0.1, 0.15) is 50.4 Å². The number of sulfonamides is 1. The Morgan fingerprint density at radius 2 is 1.71 bits per heavy atom. The zero-order valence-electron chi connectivity index (χ0n) is 22.7. The van der Waals surface area contributed by atoms with Crippen molar-refractivity contribution in [2.75, 3.05) is 11.8 Å². The van der Waals surface area contributed by atoms with Gasteiger partial charge in [0.15, 0.2) is 0 Å². The smallest absolute Gasteiger partial charge is 0.264 e. The third-order valence-corrected chi connectivity index (χ3v) is 7.81. The maximum atomic E-state index is 13.3. The highest BCUT2D eigenvalue weighted by atomic mass is 32.2. The van der Waals surface area contributed by atoms with E-state index < -0.39 is 16.1 Å². The quantitative estimate of drug-likeness (QED) is 0.365. The van der Waals surface area contributed by atoms with Gasteiger partial charge >= 0.3 is 0 Å². The van der Waals surface area contributed by atoms with Crippen molar-refractivity contribution >= 4 is 27.7 Å². The van der Waals surface area contributed by atoms with Gasteiger partial charge in [-0.3, -0.25) is 9.59 Å². The third kappa shape index (κ3) is 6.61. The van der Waals surface area contributed by atoms with Gasteiger partial charge in [-0.1, -0.05) is 68.4 Å². The SMILES string of the molecule is CCC(=O)N(Cc1ccc(-c2ccccc2S(=O)(=O)Nc2onc(C)c2C)cc1)[C@@H](CC(C)C)C(=O)NC. The molecule has 2 N–H and O–H groups in total. The van der Waals surface area contributed by atoms with Crippen LogP contribution < -0.4 is 10.0 Å². The van der Waals surface area contributed by atoms with Gasteiger partial charge < -0.3 is 14.7 Å². The normalized spacial score (nSPS) is 12.3. The molecule has 2 amide bonds. The molecule has 1 heterocycles. The second-order valence-corrected chi connectivity index (χ2v) is 11.3. The molecule has 1 atom stereocenters. The van der Waals surface area contributed by atoms with E-state index in [4.69, 9.17) is 4.52 Å². The topological polar surface area (TPSA) is 122 Å². The van der Waals surface area contributed by atoms with Crippen LogP contribution >= 0.6 is 0 Å². The Morgan fingerprint density at radius 1 is 1.05 bits per heavy atom. The number of carbonyl (C=O) groups excluding carboxylic acids is 2. The van der Waals surface area contributed by atoms with Gasteiger partial charge in [0.2, 0.25) is 17.7 Å². The summed E-state index contributed by atoms with van der Waals surface area (Å²) in [6, 6.07) is 13.5. The molecule has 1 aromatic heterocycles. The summed E-state index contributed by atoms with van der Waals surface area (Å²) in [4.78, 5) is 27.2. The zero-order valence-corrected chi connectivity index (χ0v) is 23.6. The van der Waals surface area contributed by atoms with Crippen molar-refractivity contribution in [2.45, 2.75) is 64.9 Å². The van der Waals surface area contributed by atoms with Gasteiger partial charge in [0.05, 0.1) is 10.6 Å². The van der Waals surface area contributed by atoms with Crippen molar-refractivity contribution in [1.82, 2.24) is 15.4 Å². The average molecular weight is 541 g/mol. The van der Waals surface area contributed by atoms with Gasteiger partial charge in [0.25, 0.3) is 10.0 Å². The first-order valence-electron chi connectivity index (χ1n) is 12.6. The lowest BCUT2D eigenvalue weighted by Crippen LogP contribution is -2.49. The maximum absolute atomic E-state index is 13.3. The summed E-state index contributed by atoms with van der Waals surface area (Å²) in [5, 5.41) is 6.50. The second kappa shape index (κ2) is 12.3. The molecule has 0 radical (unpaired) electrons. The largest absolute Gasteiger partial charge is 0.357 e. The number of rotatable bonds is 11. The molecule has 0 saturated heterocycles. The fourth-order valence-corrected chi connectivity index (χ4v) is 5.46. The van der Waals surface area contributed by atoms with Crippen LogP contribution in [0.15, 0.2) is 57.9 Å². The van der Waals surface area contributed by atoms with Crippen molar-refractivity contribution < 1.29 is 22.5 Å². The Kier molecular flexibility index (Phi) is 9.32. The fourth-order valence-electron chi connectivity index (χ4n) is 4.18. The van der Waals surface area contributed by atoms with Crippen molar-refractivity contribution in [1.29, 1.82) is 0 Å². The van der Waals surface area contributed by atoms with E-state index in [-0.39, 0.29) is 41.5 Å². The minimum atomic E-state index is -3.96. The van der Waals surface area contributed by atoms with E-state index in [2.05, 4.69) is 15.2 Å². The number of hydrogen-bond acceptors (Lipinski definition) is 6. The van der Waals surface area contributed by atoms with E-state index in [1.54, 1.807) is 50.9 Å². The molecule has 0 saturated carbocycles. The second-order valence-electron chi connectivity index (χ2n) is 9.66. The number of amides is 2. The third-order valence-electron chi connectivity index (χ3n) is 6.42.